The highest BCUT2D eigenvalue weighted by molar-refractivity contribution is 5.69. The zero-order valence-electron chi connectivity index (χ0n) is 12.5. The van der Waals surface area contributed by atoms with Gasteiger partial charge in [-0.15, -0.1) is 4.91 Å². The molecule has 0 amide bonds. The van der Waals surface area contributed by atoms with E-state index in [0.29, 0.717) is 23.3 Å². The van der Waals surface area contributed by atoms with E-state index in [1.807, 2.05) is 0 Å². The van der Waals surface area contributed by atoms with Gasteiger partial charge >= 0.3 is 0 Å². The van der Waals surface area contributed by atoms with Crippen LogP contribution in [0.2, 0.25) is 0 Å². The Morgan fingerprint density at radius 3 is 2.70 bits per heavy atom. The zero-order valence-corrected chi connectivity index (χ0v) is 12.5. The summed E-state index contributed by atoms with van der Waals surface area (Å²) < 4.78 is 10.7. The maximum absolute atomic E-state index is 12.3. The van der Waals surface area contributed by atoms with E-state index in [-0.39, 0.29) is 11.3 Å². The minimum absolute atomic E-state index is 0.0565. The fourth-order valence-corrected chi connectivity index (χ4v) is 1.88. The van der Waals surface area contributed by atoms with E-state index < -0.39 is 11.2 Å². The lowest BCUT2D eigenvalue weighted by Crippen LogP contribution is -2.10. The Kier molecular flexibility index (Phi) is 5.03. The number of hydrogen-bond acceptors (Lipinski definition) is 7. The van der Waals surface area contributed by atoms with Crippen molar-refractivity contribution in [2.45, 2.75) is 6.92 Å². The van der Waals surface area contributed by atoms with E-state index in [1.165, 1.54) is 19.3 Å². The second-order valence-electron chi connectivity index (χ2n) is 4.53. The standard InChI is InChI=1S/C16H14N2O5/c1-10(22-2)7-15-16(13(20)9-18-21)12(19)8-14(23-15)11-3-5-17-6-4-11/h3-9,20H,1-2H3/b10-7+,13-9-. The van der Waals surface area contributed by atoms with Crippen LogP contribution in [0.15, 0.2) is 56.9 Å². The van der Waals surface area contributed by atoms with Crippen LogP contribution in [0.25, 0.3) is 23.2 Å². The summed E-state index contributed by atoms with van der Waals surface area (Å²) in [5, 5.41) is 12.3. The average molecular weight is 314 g/mol. The fraction of sp³-hybridized carbons (Fsp3) is 0.125. The van der Waals surface area contributed by atoms with Crippen molar-refractivity contribution in [3.8, 4) is 11.3 Å². The number of nitrogens with zero attached hydrogens (tertiary/aromatic N) is 2. The molecule has 2 aromatic rings. The summed E-state index contributed by atoms with van der Waals surface area (Å²) >= 11 is 0. The number of pyridine rings is 1. The van der Waals surface area contributed by atoms with Crippen LogP contribution in [0.3, 0.4) is 0 Å². The van der Waals surface area contributed by atoms with Crippen molar-refractivity contribution in [3.63, 3.8) is 0 Å². The van der Waals surface area contributed by atoms with Gasteiger partial charge in [-0.1, -0.05) is 0 Å². The quantitative estimate of drug-likeness (QED) is 0.671. The molecule has 118 valence electrons. The van der Waals surface area contributed by atoms with Crippen molar-refractivity contribution in [1.29, 1.82) is 0 Å². The fourth-order valence-electron chi connectivity index (χ4n) is 1.88. The molecule has 0 saturated heterocycles. The van der Waals surface area contributed by atoms with Gasteiger partial charge in [0, 0.05) is 30.1 Å². The van der Waals surface area contributed by atoms with Crippen LogP contribution in [0.1, 0.15) is 18.2 Å². The molecule has 7 nitrogen and oxygen atoms in total. The zero-order chi connectivity index (χ0) is 16.8. The first kappa shape index (κ1) is 16.2. The van der Waals surface area contributed by atoms with Crippen molar-refractivity contribution in [2.75, 3.05) is 7.11 Å². The van der Waals surface area contributed by atoms with Crippen molar-refractivity contribution in [2.24, 2.45) is 5.18 Å². The Bertz CT molecular complexity index is 822. The number of methoxy groups -OCH3 is 1. The number of ether oxygens (including phenoxy) is 1. The topological polar surface area (TPSA) is 102 Å². The maximum atomic E-state index is 12.3. The number of hydrogen-bond donors (Lipinski definition) is 1. The molecule has 2 rings (SSSR count). The van der Waals surface area contributed by atoms with Gasteiger partial charge in [0.25, 0.3) is 0 Å². The Morgan fingerprint density at radius 1 is 1.39 bits per heavy atom. The average Bonchev–Trinajstić information content (AvgIpc) is 2.55. The first-order valence-electron chi connectivity index (χ1n) is 6.59. The minimum atomic E-state index is -0.579. The van der Waals surface area contributed by atoms with E-state index in [0.717, 1.165) is 0 Å². The Labute approximate surface area is 131 Å². The highest BCUT2D eigenvalue weighted by Crippen LogP contribution is 2.24. The van der Waals surface area contributed by atoms with Gasteiger partial charge in [0.1, 0.15) is 23.3 Å². The molecule has 2 aromatic heterocycles. The Morgan fingerprint density at radius 2 is 2.09 bits per heavy atom. The van der Waals surface area contributed by atoms with E-state index in [1.54, 1.807) is 31.5 Å². The highest BCUT2D eigenvalue weighted by Gasteiger charge is 2.16. The Balaban J connectivity index is 2.72. The first-order chi connectivity index (χ1) is 11.1. The van der Waals surface area contributed by atoms with E-state index in [9.17, 15) is 14.8 Å². The number of allylic oxidation sites excluding steroid dienone is 1. The summed E-state index contributed by atoms with van der Waals surface area (Å²) in [6.45, 7) is 1.65. The molecule has 0 atom stereocenters. The third-order valence-electron chi connectivity index (χ3n) is 3.03. The summed E-state index contributed by atoms with van der Waals surface area (Å²) in [6, 6.07) is 4.58. The monoisotopic (exact) mass is 314 g/mol. The second kappa shape index (κ2) is 7.17. The van der Waals surface area contributed by atoms with Gasteiger partial charge in [-0.2, -0.15) is 0 Å². The van der Waals surface area contributed by atoms with Crippen molar-refractivity contribution < 1.29 is 14.3 Å². The molecule has 0 spiro atoms. The van der Waals surface area contributed by atoms with Gasteiger partial charge in [0.15, 0.2) is 11.2 Å². The van der Waals surface area contributed by atoms with Crippen LogP contribution in [0, 0.1) is 4.91 Å². The molecule has 0 aliphatic heterocycles. The molecule has 0 unspecified atom stereocenters. The van der Waals surface area contributed by atoms with Crippen LogP contribution >= 0.6 is 0 Å². The number of aliphatic hydroxyl groups excluding tert-OH is 1. The van der Waals surface area contributed by atoms with Gasteiger partial charge < -0.3 is 14.3 Å². The largest absolute Gasteiger partial charge is 0.505 e. The second-order valence-corrected chi connectivity index (χ2v) is 4.53. The van der Waals surface area contributed by atoms with Gasteiger partial charge in [-0.05, 0) is 24.2 Å². The first-order valence-corrected chi connectivity index (χ1v) is 6.59. The summed E-state index contributed by atoms with van der Waals surface area (Å²) in [4.78, 5) is 26.5. The van der Waals surface area contributed by atoms with Crippen LogP contribution in [-0.4, -0.2) is 17.2 Å². The molecule has 1 N–H and O–H groups in total. The predicted molar refractivity (Wildman–Crippen MR) is 85.3 cm³/mol. The van der Waals surface area contributed by atoms with Crippen LogP contribution in [-0.2, 0) is 4.74 Å². The van der Waals surface area contributed by atoms with E-state index >= 15 is 0 Å². The number of aromatic nitrogens is 1. The molecule has 0 saturated carbocycles. The SMILES string of the molecule is CO/C(C)=C/c1oc(-c2ccncc2)cc(=O)c1/C(O)=C/N=O. The predicted octanol–water partition coefficient (Wildman–Crippen LogP) is 3.33. The molecule has 0 bridgehead atoms. The van der Waals surface area contributed by atoms with Gasteiger partial charge in [-0.25, -0.2) is 0 Å². The van der Waals surface area contributed by atoms with Gasteiger partial charge in [-0.3, -0.25) is 9.78 Å². The molecular weight excluding hydrogens is 300 g/mol. The maximum Gasteiger partial charge on any atom is 0.197 e. The molecule has 0 aromatic carbocycles. The van der Waals surface area contributed by atoms with E-state index in [4.69, 9.17) is 9.15 Å². The summed E-state index contributed by atoms with van der Waals surface area (Å²) in [5.41, 5.74) is -0.0419. The van der Waals surface area contributed by atoms with Gasteiger partial charge in [0.2, 0.25) is 0 Å². The lowest BCUT2D eigenvalue weighted by molar-refractivity contribution is 0.297. The molecule has 0 radical (unpaired) electrons. The lowest BCUT2D eigenvalue weighted by atomic mass is 10.1. The van der Waals surface area contributed by atoms with Crippen LogP contribution in [0.5, 0.6) is 0 Å². The number of rotatable bonds is 5. The molecule has 7 heteroatoms. The molecule has 0 fully saturated rings. The van der Waals surface area contributed by atoms with Crippen LogP contribution < -0.4 is 5.43 Å². The molecule has 0 aliphatic carbocycles. The molecule has 23 heavy (non-hydrogen) atoms. The number of aliphatic hydroxyl groups is 1. The lowest BCUT2D eigenvalue weighted by Gasteiger charge is -2.08. The third kappa shape index (κ3) is 3.70. The van der Waals surface area contributed by atoms with Gasteiger partial charge in [0.05, 0.1) is 12.9 Å². The molecule has 2 heterocycles. The molecule has 0 aliphatic rings. The van der Waals surface area contributed by atoms with Crippen molar-refractivity contribution >= 4 is 11.8 Å². The minimum Gasteiger partial charge on any atom is -0.505 e. The van der Waals surface area contributed by atoms with E-state index in [2.05, 4.69) is 10.2 Å². The summed E-state index contributed by atoms with van der Waals surface area (Å²) in [5.74, 6) is 0.225. The van der Waals surface area contributed by atoms with Crippen molar-refractivity contribution in [1.82, 2.24) is 4.98 Å². The smallest absolute Gasteiger partial charge is 0.197 e. The van der Waals surface area contributed by atoms with Crippen molar-refractivity contribution in [3.05, 3.63) is 69.0 Å². The van der Waals surface area contributed by atoms with Crippen LogP contribution in [0.4, 0.5) is 0 Å². The molecular formula is C16H14N2O5. The summed E-state index contributed by atoms with van der Waals surface area (Å²) in [6.07, 6.45) is 5.20. The normalized spacial score (nSPS) is 12.1. The Hall–Kier alpha value is -3.22. The highest BCUT2D eigenvalue weighted by atomic mass is 16.5. The third-order valence-corrected chi connectivity index (χ3v) is 3.03. The number of nitroso groups, excluding NO2 is 1. The summed E-state index contributed by atoms with van der Waals surface area (Å²) in [7, 11) is 1.46.